The zero-order chi connectivity index (χ0) is 13.3. The highest BCUT2D eigenvalue weighted by atomic mass is 16.7. The number of ether oxygens (including phenoxy) is 2. The highest BCUT2D eigenvalue weighted by Crippen LogP contribution is 2.30. The summed E-state index contributed by atoms with van der Waals surface area (Å²) in [7, 11) is 3.74. The Morgan fingerprint density at radius 1 is 1.17 bits per heavy atom. The molecule has 5 nitrogen and oxygen atoms in total. The highest BCUT2D eigenvalue weighted by molar-refractivity contribution is 4.93. The third-order valence-corrected chi connectivity index (χ3v) is 4.45. The van der Waals surface area contributed by atoms with Crippen molar-refractivity contribution in [2.24, 2.45) is 5.92 Å². The molecule has 106 valence electrons. The SMILES string of the molecule is COC1O[C@H](C)C(C)[C@H](N2CCN(C)CC2)[C@@H]1O. The van der Waals surface area contributed by atoms with Crippen LogP contribution in [0.15, 0.2) is 0 Å². The molecule has 0 aromatic heterocycles. The van der Waals surface area contributed by atoms with E-state index in [-0.39, 0.29) is 12.1 Å². The predicted molar refractivity (Wildman–Crippen MR) is 69.4 cm³/mol. The van der Waals surface area contributed by atoms with Crippen molar-refractivity contribution < 1.29 is 14.6 Å². The highest BCUT2D eigenvalue weighted by Gasteiger charge is 2.44. The van der Waals surface area contributed by atoms with Gasteiger partial charge in [-0.05, 0) is 14.0 Å². The lowest BCUT2D eigenvalue weighted by molar-refractivity contribution is -0.262. The van der Waals surface area contributed by atoms with E-state index in [2.05, 4.69) is 30.7 Å². The maximum Gasteiger partial charge on any atom is 0.184 e. The Balaban J connectivity index is 2.07. The van der Waals surface area contributed by atoms with Gasteiger partial charge in [-0.2, -0.15) is 0 Å². The summed E-state index contributed by atoms with van der Waals surface area (Å²) in [6, 6.07) is 0.132. The minimum atomic E-state index is -0.565. The third kappa shape index (κ3) is 2.70. The lowest BCUT2D eigenvalue weighted by Crippen LogP contribution is -2.63. The lowest BCUT2D eigenvalue weighted by Gasteiger charge is -2.49. The largest absolute Gasteiger partial charge is 0.386 e. The van der Waals surface area contributed by atoms with Gasteiger partial charge in [0, 0.05) is 45.2 Å². The maximum atomic E-state index is 10.4. The quantitative estimate of drug-likeness (QED) is 0.755. The van der Waals surface area contributed by atoms with Crippen LogP contribution in [0.1, 0.15) is 13.8 Å². The Kier molecular flexibility index (Phi) is 4.61. The molecule has 0 radical (unpaired) electrons. The summed E-state index contributed by atoms with van der Waals surface area (Å²) in [6.07, 6.45) is -0.950. The second kappa shape index (κ2) is 5.84. The van der Waals surface area contributed by atoms with Gasteiger partial charge in [-0.3, -0.25) is 4.90 Å². The van der Waals surface area contributed by atoms with Crippen LogP contribution in [0.2, 0.25) is 0 Å². The minimum absolute atomic E-state index is 0.114. The van der Waals surface area contributed by atoms with Gasteiger partial charge in [0.2, 0.25) is 0 Å². The average Bonchev–Trinajstić information content (AvgIpc) is 2.36. The normalized spacial score (nSPS) is 44.2. The van der Waals surface area contributed by atoms with Gasteiger partial charge < -0.3 is 19.5 Å². The van der Waals surface area contributed by atoms with Crippen LogP contribution in [0, 0.1) is 5.92 Å². The fraction of sp³-hybridized carbons (Fsp3) is 1.00. The average molecular weight is 258 g/mol. The van der Waals surface area contributed by atoms with Gasteiger partial charge in [-0.25, -0.2) is 0 Å². The van der Waals surface area contributed by atoms with E-state index in [1.54, 1.807) is 7.11 Å². The van der Waals surface area contributed by atoms with Crippen molar-refractivity contribution in [3.8, 4) is 0 Å². The van der Waals surface area contributed by atoms with Crippen molar-refractivity contribution >= 4 is 0 Å². The number of likely N-dealkylation sites (N-methyl/N-ethyl adjacent to an activating group) is 1. The maximum absolute atomic E-state index is 10.4. The second-order valence-corrected chi connectivity index (χ2v) is 5.62. The third-order valence-electron chi connectivity index (χ3n) is 4.45. The molecule has 0 spiro atoms. The number of aliphatic hydroxyl groups is 1. The molecule has 2 aliphatic heterocycles. The number of nitrogens with zero attached hydrogens (tertiary/aromatic N) is 2. The summed E-state index contributed by atoms with van der Waals surface area (Å²) in [6.45, 7) is 8.34. The molecule has 2 aliphatic rings. The van der Waals surface area contributed by atoms with Crippen LogP contribution in [-0.4, -0.2) is 79.8 Å². The Hall–Kier alpha value is -0.200. The van der Waals surface area contributed by atoms with Crippen molar-refractivity contribution in [1.82, 2.24) is 9.80 Å². The minimum Gasteiger partial charge on any atom is -0.386 e. The molecular formula is C13H26N2O3. The molecule has 0 saturated carbocycles. The van der Waals surface area contributed by atoms with E-state index in [0.717, 1.165) is 26.2 Å². The molecule has 18 heavy (non-hydrogen) atoms. The first-order chi connectivity index (χ1) is 8.54. The summed E-state index contributed by atoms with van der Waals surface area (Å²) in [5.41, 5.74) is 0. The van der Waals surface area contributed by atoms with Gasteiger partial charge in [0.25, 0.3) is 0 Å². The number of aliphatic hydroxyl groups excluding tert-OH is 1. The molecule has 0 aromatic carbocycles. The second-order valence-electron chi connectivity index (χ2n) is 5.62. The molecule has 2 heterocycles. The number of rotatable bonds is 2. The number of methoxy groups -OCH3 is 1. The van der Waals surface area contributed by atoms with Crippen molar-refractivity contribution in [2.45, 2.75) is 38.4 Å². The van der Waals surface area contributed by atoms with Crippen molar-refractivity contribution in [3.05, 3.63) is 0 Å². The zero-order valence-electron chi connectivity index (χ0n) is 11.9. The van der Waals surface area contributed by atoms with Gasteiger partial charge >= 0.3 is 0 Å². The standard InChI is InChI=1S/C13H26N2O3/c1-9-10(2)18-13(17-4)12(16)11(9)15-7-5-14(3)6-8-15/h9-13,16H,5-8H2,1-4H3/t9?,10-,11+,12+,13?/m1/s1. The molecule has 0 bridgehead atoms. The number of hydrogen-bond acceptors (Lipinski definition) is 5. The molecule has 2 fully saturated rings. The van der Waals surface area contributed by atoms with Crippen LogP contribution in [0.5, 0.6) is 0 Å². The summed E-state index contributed by atoms with van der Waals surface area (Å²) < 4.78 is 10.9. The predicted octanol–water partition coefficient (Wildman–Crippen LogP) is -0.00940. The molecule has 0 amide bonds. The molecule has 2 rings (SSSR count). The molecule has 1 N–H and O–H groups in total. The molecule has 0 aromatic rings. The van der Waals surface area contributed by atoms with Gasteiger partial charge in [-0.15, -0.1) is 0 Å². The molecule has 2 unspecified atom stereocenters. The Labute approximate surface area is 110 Å². The van der Waals surface area contributed by atoms with Crippen molar-refractivity contribution in [1.29, 1.82) is 0 Å². The van der Waals surface area contributed by atoms with E-state index >= 15 is 0 Å². The van der Waals surface area contributed by atoms with E-state index in [9.17, 15) is 5.11 Å². The first-order valence-electron chi connectivity index (χ1n) is 6.83. The van der Waals surface area contributed by atoms with Crippen LogP contribution in [0.25, 0.3) is 0 Å². The number of piperazine rings is 1. The van der Waals surface area contributed by atoms with Crippen LogP contribution in [0.3, 0.4) is 0 Å². The van der Waals surface area contributed by atoms with E-state index in [0.29, 0.717) is 5.92 Å². The van der Waals surface area contributed by atoms with Crippen LogP contribution < -0.4 is 0 Å². The summed E-state index contributed by atoms with van der Waals surface area (Å²) >= 11 is 0. The molecule has 2 saturated heterocycles. The molecule has 0 aliphatic carbocycles. The molecule has 5 heteroatoms. The first kappa shape index (κ1) is 14.2. The van der Waals surface area contributed by atoms with Crippen molar-refractivity contribution in [2.75, 3.05) is 40.3 Å². The van der Waals surface area contributed by atoms with Crippen molar-refractivity contribution in [3.63, 3.8) is 0 Å². The lowest BCUT2D eigenvalue weighted by atomic mass is 9.87. The van der Waals surface area contributed by atoms with Crippen LogP contribution >= 0.6 is 0 Å². The summed E-state index contributed by atoms with van der Waals surface area (Å²) in [4.78, 5) is 4.71. The number of hydrogen-bond donors (Lipinski definition) is 1. The summed E-state index contributed by atoms with van der Waals surface area (Å²) in [5.74, 6) is 0.315. The topological polar surface area (TPSA) is 45.2 Å². The van der Waals surface area contributed by atoms with Gasteiger partial charge in [-0.1, -0.05) is 6.92 Å². The fourth-order valence-corrected chi connectivity index (χ4v) is 3.03. The Morgan fingerprint density at radius 2 is 1.78 bits per heavy atom. The van der Waals surface area contributed by atoms with Gasteiger partial charge in [0.1, 0.15) is 6.10 Å². The zero-order valence-corrected chi connectivity index (χ0v) is 11.9. The van der Waals surface area contributed by atoms with E-state index in [4.69, 9.17) is 9.47 Å². The Bertz CT molecular complexity index is 269. The first-order valence-corrected chi connectivity index (χ1v) is 6.83. The monoisotopic (exact) mass is 258 g/mol. The van der Waals surface area contributed by atoms with Gasteiger partial charge in [0.15, 0.2) is 6.29 Å². The van der Waals surface area contributed by atoms with E-state index in [1.165, 1.54) is 0 Å². The fourth-order valence-electron chi connectivity index (χ4n) is 3.03. The van der Waals surface area contributed by atoms with Gasteiger partial charge in [0.05, 0.1) is 6.10 Å². The Morgan fingerprint density at radius 3 is 2.33 bits per heavy atom. The van der Waals surface area contributed by atoms with E-state index in [1.807, 2.05) is 0 Å². The summed E-state index contributed by atoms with van der Waals surface area (Å²) in [5, 5.41) is 10.4. The van der Waals surface area contributed by atoms with Crippen LogP contribution in [0.4, 0.5) is 0 Å². The molecule has 5 atom stereocenters. The smallest absolute Gasteiger partial charge is 0.184 e. The van der Waals surface area contributed by atoms with E-state index < -0.39 is 12.4 Å². The van der Waals surface area contributed by atoms with Crippen LogP contribution in [-0.2, 0) is 9.47 Å². The molecular weight excluding hydrogens is 232 g/mol.